The van der Waals surface area contributed by atoms with Crippen molar-refractivity contribution in [1.82, 2.24) is 15.5 Å². The first-order chi connectivity index (χ1) is 6.83. The van der Waals surface area contributed by atoms with Gasteiger partial charge in [-0.1, -0.05) is 18.4 Å². The molecule has 5 nitrogen and oxygen atoms in total. The van der Waals surface area contributed by atoms with E-state index in [4.69, 9.17) is 4.42 Å². The summed E-state index contributed by atoms with van der Waals surface area (Å²) in [6, 6.07) is 1.10. The molecule has 2 rings (SSSR count). The smallest absolute Gasteiger partial charge is 0.315 e. The van der Waals surface area contributed by atoms with E-state index >= 15 is 0 Å². The van der Waals surface area contributed by atoms with Gasteiger partial charge in [0.15, 0.2) is 0 Å². The summed E-state index contributed by atoms with van der Waals surface area (Å²) < 4.78 is 5.37. The third-order valence-corrected chi connectivity index (χ3v) is 2.55. The van der Waals surface area contributed by atoms with Crippen LogP contribution in [0, 0.1) is 5.92 Å². The van der Waals surface area contributed by atoms with Crippen molar-refractivity contribution in [2.45, 2.75) is 32.4 Å². The highest BCUT2D eigenvalue weighted by molar-refractivity contribution is 5.24. The lowest BCUT2D eigenvalue weighted by molar-refractivity contribution is 0.488. The van der Waals surface area contributed by atoms with Gasteiger partial charge in [-0.25, -0.2) is 0 Å². The van der Waals surface area contributed by atoms with Crippen molar-refractivity contribution < 1.29 is 4.42 Å². The Morgan fingerprint density at radius 3 is 3.00 bits per heavy atom. The van der Waals surface area contributed by atoms with E-state index in [-0.39, 0.29) is 0 Å². The van der Waals surface area contributed by atoms with Gasteiger partial charge in [0.1, 0.15) is 0 Å². The standard InChI is InChI=1S/C9H16N4O/c1-3-6-4-7(6)11-9-13-12-8(14-9)5-10-2/h6-7,10H,3-5H2,1-2H3,(H,11,13). The molecule has 14 heavy (non-hydrogen) atoms. The van der Waals surface area contributed by atoms with Crippen LogP contribution < -0.4 is 10.6 Å². The highest BCUT2D eigenvalue weighted by Gasteiger charge is 2.36. The summed E-state index contributed by atoms with van der Waals surface area (Å²) in [5.41, 5.74) is 0. The number of aromatic nitrogens is 2. The molecule has 2 N–H and O–H groups in total. The molecule has 5 heteroatoms. The van der Waals surface area contributed by atoms with Gasteiger partial charge in [0.05, 0.1) is 6.54 Å². The number of nitrogens with zero attached hydrogens (tertiary/aromatic N) is 2. The third-order valence-electron chi connectivity index (χ3n) is 2.55. The second-order valence-electron chi connectivity index (χ2n) is 3.69. The van der Waals surface area contributed by atoms with Crippen LogP contribution in [0.3, 0.4) is 0 Å². The molecular formula is C9H16N4O. The summed E-state index contributed by atoms with van der Waals surface area (Å²) in [6.07, 6.45) is 2.44. The fraction of sp³-hybridized carbons (Fsp3) is 0.778. The summed E-state index contributed by atoms with van der Waals surface area (Å²) in [5, 5.41) is 14.0. The Balaban J connectivity index is 1.85. The zero-order chi connectivity index (χ0) is 9.97. The topological polar surface area (TPSA) is 63.0 Å². The van der Waals surface area contributed by atoms with Crippen molar-refractivity contribution in [3.8, 4) is 0 Å². The van der Waals surface area contributed by atoms with Gasteiger partial charge in [-0.05, 0) is 19.4 Å². The largest absolute Gasteiger partial charge is 0.407 e. The number of rotatable bonds is 5. The van der Waals surface area contributed by atoms with Crippen molar-refractivity contribution >= 4 is 6.01 Å². The first-order valence-corrected chi connectivity index (χ1v) is 5.07. The summed E-state index contributed by atoms with van der Waals surface area (Å²) in [4.78, 5) is 0. The van der Waals surface area contributed by atoms with Crippen LogP contribution in [-0.4, -0.2) is 23.3 Å². The minimum absolute atomic E-state index is 0.544. The van der Waals surface area contributed by atoms with E-state index in [2.05, 4.69) is 27.8 Å². The summed E-state index contributed by atoms with van der Waals surface area (Å²) >= 11 is 0. The maximum Gasteiger partial charge on any atom is 0.315 e. The van der Waals surface area contributed by atoms with Crippen LogP contribution in [0.15, 0.2) is 4.42 Å². The van der Waals surface area contributed by atoms with Crippen LogP contribution in [0.4, 0.5) is 6.01 Å². The fourth-order valence-corrected chi connectivity index (χ4v) is 1.57. The van der Waals surface area contributed by atoms with Crippen molar-refractivity contribution in [2.24, 2.45) is 5.92 Å². The number of hydrogen-bond acceptors (Lipinski definition) is 5. The van der Waals surface area contributed by atoms with E-state index in [1.165, 1.54) is 12.8 Å². The van der Waals surface area contributed by atoms with E-state index in [0.29, 0.717) is 24.5 Å². The molecule has 1 saturated carbocycles. The Bertz CT molecular complexity index is 299. The van der Waals surface area contributed by atoms with Crippen LogP contribution >= 0.6 is 0 Å². The predicted octanol–water partition coefficient (Wildman–Crippen LogP) is 0.999. The molecule has 0 radical (unpaired) electrons. The third kappa shape index (κ3) is 2.04. The van der Waals surface area contributed by atoms with Crippen LogP contribution in [0.2, 0.25) is 0 Å². The normalized spacial score (nSPS) is 25.0. The average Bonchev–Trinajstić information content (AvgIpc) is 2.78. The maximum absolute atomic E-state index is 5.37. The molecule has 0 saturated heterocycles. The Labute approximate surface area is 83.3 Å². The van der Waals surface area contributed by atoms with Gasteiger partial charge in [0.2, 0.25) is 5.89 Å². The molecule has 0 spiro atoms. The number of hydrogen-bond donors (Lipinski definition) is 2. The number of anilines is 1. The Hall–Kier alpha value is -1.10. The lowest BCUT2D eigenvalue weighted by Gasteiger charge is -1.97. The zero-order valence-electron chi connectivity index (χ0n) is 8.58. The molecule has 1 aromatic heterocycles. The quantitative estimate of drug-likeness (QED) is 0.735. The molecule has 2 atom stereocenters. The maximum atomic E-state index is 5.37. The van der Waals surface area contributed by atoms with Crippen molar-refractivity contribution in [2.75, 3.05) is 12.4 Å². The van der Waals surface area contributed by atoms with Crippen molar-refractivity contribution in [3.05, 3.63) is 5.89 Å². The molecule has 0 amide bonds. The molecule has 2 unspecified atom stereocenters. The second-order valence-corrected chi connectivity index (χ2v) is 3.69. The minimum Gasteiger partial charge on any atom is -0.407 e. The van der Waals surface area contributed by atoms with Gasteiger partial charge in [-0.15, -0.1) is 5.10 Å². The summed E-state index contributed by atoms with van der Waals surface area (Å²) in [5.74, 6) is 1.42. The van der Waals surface area contributed by atoms with Crippen LogP contribution in [0.5, 0.6) is 0 Å². The van der Waals surface area contributed by atoms with Gasteiger partial charge in [0, 0.05) is 6.04 Å². The molecule has 1 aromatic rings. The molecule has 0 bridgehead atoms. The fourth-order valence-electron chi connectivity index (χ4n) is 1.57. The SMILES string of the molecule is CCC1CC1Nc1nnc(CNC)o1. The van der Waals surface area contributed by atoms with Gasteiger partial charge in [-0.3, -0.25) is 0 Å². The van der Waals surface area contributed by atoms with E-state index in [1.807, 2.05) is 7.05 Å². The molecule has 1 aliphatic rings. The van der Waals surface area contributed by atoms with Gasteiger partial charge >= 0.3 is 6.01 Å². The van der Waals surface area contributed by atoms with Gasteiger partial charge in [-0.2, -0.15) is 0 Å². The molecule has 0 aliphatic heterocycles. The average molecular weight is 196 g/mol. The zero-order valence-corrected chi connectivity index (χ0v) is 8.58. The highest BCUT2D eigenvalue weighted by Crippen LogP contribution is 2.35. The van der Waals surface area contributed by atoms with E-state index in [0.717, 1.165) is 5.92 Å². The lowest BCUT2D eigenvalue weighted by Crippen LogP contribution is -2.05. The molecule has 1 aliphatic carbocycles. The first kappa shape index (κ1) is 9.45. The predicted molar refractivity (Wildman–Crippen MR) is 52.9 cm³/mol. The first-order valence-electron chi connectivity index (χ1n) is 5.07. The molecule has 1 fully saturated rings. The molecule has 78 valence electrons. The van der Waals surface area contributed by atoms with E-state index in [1.54, 1.807) is 0 Å². The van der Waals surface area contributed by atoms with E-state index in [9.17, 15) is 0 Å². The summed E-state index contributed by atoms with van der Waals surface area (Å²) in [7, 11) is 1.85. The Morgan fingerprint density at radius 1 is 1.50 bits per heavy atom. The highest BCUT2D eigenvalue weighted by atomic mass is 16.4. The van der Waals surface area contributed by atoms with Gasteiger partial charge < -0.3 is 15.1 Å². The van der Waals surface area contributed by atoms with Crippen molar-refractivity contribution in [3.63, 3.8) is 0 Å². The second kappa shape index (κ2) is 3.96. The van der Waals surface area contributed by atoms with Gasteiger partial charge in [0.25, 0.3) is 0 Å². The van der Waals surface area contributed by atoms with Crippen LogP contribution in [0.1, 0.15) is 25.7 Å². The molecule has 0 aromatic carbocycles. The van der Waals surface area contributed by atoms with Crippen LogP contribution in [0.25, 0.3) is 0 Å². The molecular weight excluding hydrogens is 180 g/mol. The minimum atomic E-state index is 0.544. The van der Waals surface area contributed by atoms with Crippen molar-refractivity contribution in [1.29, 1.82) is 0 Å². The molecule has 1 heterocycles. The van der Waals surface area contributed by atoms with Crippen LogP contribution in [-0.2, 0) is 6.54 Å². The lowest BCUT2D eigenvalue weighted by atomic mass is 10.3. The Morgan fingerprint density at radius 2 is 2.36 bits per heavy atom. The summed E-state index contributed by atoms with van der Waals surface area (Å²) in [6.45, 7) is 2.82. The number of nitrogens with one attached hydrogen (secondary N) is 2. The van der Waals surface area contributed by atoms with E-state index < -0.39 is 0 Å². The monoisotopic (exact) mass is 196 g/mol. The Kier molecular flexibility index (Phi) is 2.67.